The number of likely N-dealkylation sites (tertiary alicyclic amines) is 1. The molecule has 0 radical (unpaired) electrons. The molecule has 6 rings (SSSR count). The van der Waals surface area contributed by atoms with Gasteiger partial charge < -0.3 is 21.0 Å². The molecule has 3 aromatic carbocycles. The van der Waals surface area contributed by atoms with E-state index in [1.54, 1.807) is 6.07 Å². The maximum atomic E-state index is 13.8. The molecule has 1 aromatic heterocycles. The first kappa shape index (κ1) is 30.0. The molecule has 4 aromatic rings. The van der Waals surface area contributed by atoms with Crippen LogP contribution in [0.4, 0.5) is 21.5 Å². The van der Waals surface area contributed by atoms with Crippen LogP contribution in [0.25, 0.3) is 10.9 Å². The molecule has 2 aliphatic heterocycles. The number of benzene rings is 3. The van der Waals surface area contributed by atoms with Crippen molar-refractivity contribution in [3.05, 3.63) is 105 Å². The number of halogens is 3. The Bertz CT molecular complexity index is 1750. The number of nitrogens with zero attached hydrogens (tertiary/aromatic N) is 4. The van der Waals surface area contributed by atoms with E-state index < -0.39 is 5.82 Å². The fourth-order valence-corrected chi connectivity index (χ4v) is 6.20. The van der Waals surface area contributed by atoms with Crippen molar-refractivity contribution >= 4 is 51.2 Å². The SMILES string of the molecule is CCN1CCC(N2C=C(C(Nc3cc(Cl)c4ncc(C#N)c(Nc5ccc(F)c(Cl)c5)c4c3)c3ccc(C)cc3)NN2)CC1. The molecule has 1 unspecified atom stereocenters. The Morgan fingerprint density at radius 1 is 1.07 bits per heavy atom. The predicted molar refractivity (Wildman–Crippen MR) is 175 cm³/mol. The van der Waals surface area contributed by atoms with Gasteiger partial charge in [0.2, 0.25) is 0 Å². The highest BCUT2D eigenvalue weighted by atomic mass is 35.5. The van der Waals surface area contributed by atoms with Crippen LogP contribution in [0.3, 0.4) is 0 Å². The van der Waals surface area contributed by atoms with Crippen LogP contribution in [0.15, 0.2) is 72.7 Å². The van der Waals surface area contributed by atoms with Crippen LogP contribution in [0, 0.1) is 24.1 Å². The van der Waals surface area contributed by atoms with Crippen molar-refractivity contribution in [3.63, 3.8) is 0 Å². The first-order valence-electron chi connectivity index (χ1n) is 14.6. The molecule has 1 fully saturated rings. The molecule has 3 heterocycles. The van der Waals surface area contributed by atoms with Crippen molar-refractivity contribution in [2.45, 2.75) is 38.8 Å². The van der Waals surface area contributed by atoms with Crippen LogP contribution >= 0.6 is 23.2 Å². The molecular weight excluding hydrogens is 598 g/mol. The maximum Gasteiger partial charge on any atom is 0.141 e. The average molecular weight is 632 g/mol. The van der Waals surface area contributed by atoms with Gasteiger partial charge >= 0.3 is 0 Å². The summed E-state index contributed by atoms with van der Waals surface area (Å²) in [4.78, 5) is 6.95. The summed E-state index contributed by atoms with van der Waals surface area (Å²) in [5.41, 5.74) is 12.6. The van der Waals surface area contributed by atoms with Crippen molar-refractivity contribution in [2.24, 2.45) is 0 Å². The number of nitrogens with one attached hydrogen (secondary N) is 4. The Morgan fingerprint density at radius 2 is 1.82 bits per heavy atom. The van der Waals surface area contributed by atoms with Crippen molar-refractivity contribution in [1.82, 2.24) is 25.9 Å². The van der Waals surface area contributed by atoms with E-state index in [4.69, 9.17) is 23.2 Å². The quantitative estimate of drug-likeness (QED) is 0.160. The Balaban J connectivity index is 1.36. The van der Waals surface area contributed by atoms with Crippen molar-refractivity contribution in [2.75, 3.05) is 30.3 Å². The van der Waals surface area contributed by atoms with E-state index in [1.165, 1.54) is 23.9 Å². The fraction of sp³-hybridized carbons (Fsp3) is 0.273. The number of aryl methyl sites for hydroxylation is 1. The summed E-state index contributed by atoms with van der Waals surface area (Å²) in [6.07, 6.45) is 5.78. The zero-order chi connectivity index (χ0) is 30.8. The summed E-state index contributed by atoms with van der Waals surface area (Å²) >= 11 is 12.8. The Morgan fingerprint density at radius 3 is 2.52 bits per heavy atom. The van der Waals surface area contributed by atoms with E-state index in [2.05, 4.69) is 86.9 Å². The van der Waals surface area contributed by atoms with Gasteiger partial charge in [0.1, 0.15) is 11.9 Å². The number of nitriles is 1. The van der Waals surface area contributed by atoms with Gasteiger partial charge in [0.05, 0.1) is 38.6 Å². The van der Waals surface area contributed by atoms with Gasteiger partial charge in [-0.1, -0.05) is 60.0 Å². The van der Waals surface area contributed by atoms with Crippen molar-refractivity contribution < 1.29 is 4.39 Å². The highest BCUT2D eigenvalue weighted by molar-refractivity contribution is 6.36. The molecule has 0 bridgehead atoms. The topological polar surface area (TPSA) is 91.3 Å². The minimum absolute atomic E-state index is 0.0240. The number of hydrogen-bond donors (Lipinski definition) is 4. The summed E-state index contributed by atoms with van der Waals surface area (Å²) in [7, 11) is 0. The summed E-state index contributed by atoms with van der Waals surface area (Å²) in [5, 5.41) is 20.1. The molecule has 1 atom stereocenters. The molecule has 0 aliphatic carbocycles. The molecule has 4 N–H and O–H groups in total. The van der Waals surface area contributed by atoms with Crippen LogP contribution in [-0.4, -0.2) is 40.6 Å². The second-order valence-corrected chi connectivity index (χ2v) is 12.0. The van der Waals surface area contributed by atoms with Crippen LogP contribution in [0.1, 0.15) is 42.5 Å². The van der Waals surface area contributed by atoms with E-state index >= 15 is 0 Å². The molecule has 0 spiro atoms. The number of pyridine rings is 1. The molecule has 11 heteroatoms. The highest BCUT2D eigenvalue weighted by Gasteiger charge is 2.29. The zero-order valence-corrected chi connectivity index (χ0v) is 26.0. The van der Waals surface area contributed by atoms with Gasteiger partial charge in [0.25, 0.3) is 0 Å². The Labute approximate surface area is 266 Å². The van der Waals surface area contributed by atoms with Gasteiger partial charge in [-0.25, -0.2) is 4.39 Å². The van der Waals surface area contributed by atoms with E-state index in [1.807, 2.05) is 12.1 Å². The van der Waals surface area contributed by atoms with Gasteiger partial charge in [-0.2, -0.15) is 5.26 Å². The third kappa shape index (κ3) is 6.26. The van der Waals surface area contributed by atoms with Crippen LogP contribution in [0.5, 0.6) is 0 Å². The molecule has 0 amide bonds. The standard InChI is InChI=1S/C33H33Cl2FN8/c1-3-43-12-10-25(11-13-43)44-19-30(41-42-44)32(21-6-4-20(2)5-7-21)40-24-14-26-31(39-23-8-9-29(36)27(34)15-23)22(17-37)18-38-33(26)28(35)16-24/h4-9,14-16,18-19,25,32,40-42H,3,10-13H2,1-2H3,(H,38,39). The van der Waals surface area contributed by atoms with Crippen molar-refractivity contribution in [3.8, 4) is 6.07 Å². The lowest BCUT2D eigenvalue weighted by Crippen LogP contribution is -2.48. The van der Waals surface area contributed by atoms with Gasteiger partial charge in [0.15, 0.2) is 0 Å². The van der Waals surface area contributed by atoms with E-state index in [0.29, 0.717) is 38.9 Å². The Kier molecular flexibility index (Phi) is 8.78. The average Bonchev–Trinajstić information content (AvgIpc) is 3.52. The first-order chi connectivity index (χ1) is 21.3. The number of hydrogen-bond acceptors (Lipinski definition) is 8. The number of aromatic nitrogens is 1. The minimum atomic E-state index is -0.525. The van der Waals surface area contributed by atoms with Gasteiger partial charge in [0, 0.05) is 48.3 Å². The molecule has 226 valence electrons. The molecule has 8 nitrogen and oxygen atoms in total. The lowest BCUT2D eigenvalue weighted by Gasteiger charge is -2.35. The lowest BCUT2D eigenvalue weighted by molar-refractivity contribution is 0.112. The monoisotopic (exact) mass is 630 g/mol. The summed E-state index contributed by atoms with van der Waals surface area (Å²) in [6.45, 7) is 7.51. The summed E-state index contributed by atoms with van der Waals surface area (Å²) in [6, 6.07) is 18.8. The van der Waals surface area contributed by atoms with E-state index in [9.17, 15) is 9.65 Å². The molecule has 0 saturated carbocycles. The summed E-state index contributed by atoms with van der Waals surface area (Å²) < 4.78 is 13.8. The lowest BCUT2D eigenvalue weighted by atomic mass is 10.0. The fourth-order valence-electron chi connectivity index (χ4n) is 5.75. The summed E-state index contributed by atoms with van der Waals surface area (Å²) in [5.74, 6) is -0.525. The number of anilines is 3. The molecule has 1 saturated heterocycles. The smallest absolute Gasteiger partial charge is 0.141 e. The maximum absolute atomic E-state index is 13.8. The second kappa shape index (κ2) is 12.9. The largest absolute Gasteiger partial charge is 0.373 e. The normalized spacial score (nSPS) is 16.4. The first-order valence-corrected chi connectivity index (χ1v) is 15.4. The van der Waals surface area contributed by atoms with Crippen molar-refractivity contribution in [1.29, 1.82) is 5.26 Å². The highest BCUT2D eigenvalue weighted by Crippen LogP contribution is 2.37. The third-order valence-corrected chi connectivity index (χ3v) is 8.85. The van der Waals surface area contributed by atoms with Gasteiger partial charge in [-0.05, 0) is 62.2 Å². The molecule has 44 heavy (non-hydrogen) atoms. The number of rotatable bonds is 8. The minimum Gasteiger partial charge on any atom is -0.373 e. The van der Waals surface area contributed by atoms with E-state index in [0.717, 1.165) is 49.4 Å². The number of piperidine rings is 1. The van der Waals surface area contributed by atoms with Crippen LogP contribution < -0.4 is 21.6 Å². The number of hydrazine groups is 2. The van der Waals surface area contributed by atoms with Gasteiger partial charge in [-0.15, -0.1) is 5.53 Å². The second-order valence-electron chi connectivity index (χ2n) is 11.1. The molecule has 2 aliphatic rings. The zero-order valence-electron chi connectivity index (χ0n) is 24.5. The third-order valence-electron chi connectivity index (χ3n) is 8.27. The predicted octanol–water partition coefficient (Wildman–Crippen LogP) is 7.41. The number of fused-ring (bicyclic) bond motifs is 1. The molecular formula is C33H33Cl2FN8. The van der Waals surface area contributed by atoms with Crippen LogP contribution in [-0.2, 0) is 0 Å². The Hall–Kier alpha value is -4.07. The van der Waals surface area contributed by atoms with Gasteiger partial charge in [-0.3, -0.25) is 9.99 Å². The van der Waals surface area contributed by atoms with E-state index in [-0.39, 0.29) is 11.1 Å². The van der Waals surface area contributed by atoms with Crippen LogP contribution in [0.2, 0.25) is 10.0 Å².